The number of carbonyl (C=O) groups excluding carboxylic acids is 1. The molecule has 2 aliphatic rings. The molecule has 0 saturated carbocycles. The summed E-state index contributed by atoms with van der Waals surface area (Å²) in [5.74, 6) is 0.487. The largest absolute Gasteiger partial charge is 0.404 e. The van der Waals surface area contributed by atoms with Crippen molar-refractivity contribution in [2.45, 2.75) is 104 Å². The molecule has 5 heteroatoms. The first-order valence-corrected chi connectivity index (χ1v) is 15.3. The molecule has 0 radical (unpaired) electrons. The molecule has 4 atom stereocenters. The van der Waals surface area contributed by atoms with Crippen LogP contribution in [0, 0.1) is 11.3 Å². The maximum Gasteiger partial charge on any atom is 0.193 e. The second-order valence-electron chi connectivity index (χ2n) is 10.9. The minimum absolute atomic E-state index is 0.141. The van der Waals surface area contributed by atoms with Gasteiger partial charge in [0.05, 0.1) is 24.9 Å². The van der Waals surface area contributed by atoms with Crippen molar-refractivity contribution < 1.29 is 18.7 Å². The Bertz CT molecular complexity index is 850. The normalized spacial score (nSPS) is 29.8. The number of fused-ring (bicyclic) bond motifs is 1. The molecule has 1 fully saturated rings. The predicted octanol–water partition coefficient (Wildman–Crippen LogP) is 6.70. The molecule has 0 N–H and O–H groups in total. The van der Waals surface area contributed by atoms with Crippen molar-refractivity contribution in [1.29, 1.82) is 0 Å². The van der Waals surface area contributed by atoms with Gasteiger partial charge in [0.15, 0.2) is 14.1 Å². The summed E-state index contributed by atoms with van der Waals surface area (Å²) in [7, 11) is -1.97. The van der Waals surface area contributed by atoms with Gasteiger partial charge in [0.2, 0.25) is 0 Å². The van der Waals surface area contributed by atoms with E-state index in [1.807, 2.05) is 32.0 Å². The number of benzene rings is 1. The molecule has 1 aromatic rings. The predicted molar refractivity (Wildman–Crippen MR) is 137 cm³/mol. The maximum atomic E-state index is 14.0. The fourth-order valence-corrected chi connectivity index (χ4v) is 8.50. The van der Waals surface area contributed by atoms with Crippen LogP contribution in [-0.4, -0.2) is 38.5 Å². The average molecular weight is 473 g/mol. The highest BCUT2D eigenvalue weighted by atomic mass is 28.4. The van der Waals surface area contributed by atoms with Gasteiger partial charge in [-0.15, -0.1) is 0 Å². The number of hydrogen-bond donors (Lipinski definition) is 0. The molecule has 0 aromatic heterocycles. The molecule has 1 saturated heterocycles. The summed E-state index contributed by atoms with van der Waals surface area (Å²) in [6.45, 7) is 18.5. The van der Waals surface area contributed by atoms with Crippen LogP contribution in [-0.2, 0) is 25.3 Å². The van der Waals surface area contributed by atoms with Crippen LogP contribution in [0.1, 0.15) is 67.4 Å². The highest BCUT2D eigenvalue weighted by Gasteiger charge is 2.54. The Morgan fingerprint density at radius 2 is 1.67 bits per heavy atom. The smallest absolute Gasteiger partial charge is 0.193 e. The van der Waals surface area contributed by atoms with Crippen LogP contribution in [0.3, 0.4) is 0 Å². The Labute approximate surface area is 202 Å². The van der Waals surface area contributed by atoms with Gasteiger partial charge in [0.25, 0.3) is 0 Å². The van der Waals surface area contributed by atoms with Crippen molar-refractivity contribution in [2.75, 3.05) is 6.61 Å². The van der Waals surface area contributed by atoms with Gasteiger partial charge >= 0.3 is 0 Å². The molecule has 0 unspecified atom stereocenters. The Morgan fingerprint density at radius 3 is 2.24 bits per heavy atom. The fourth-order valence-electron chi connectivity index (χ4n) is 5.60. The van der Waals surface area contributed by atoms with Gasteiger partial charge in [-0.05, 0) is 56.8 Å². The fraction of sp³-hybridized carbons (Fsp3) is 0.679. The molecule has 1 aliphatic heterocycles. The summed E-state index contributed by atoms with van der Waals surface area (Å²) in [6.07, 6.45) is 0.135. The summed E-state index contributed by atoms with van der Waals surface area (Å²) >= 11 is 0. The van der Waals surface area contributed by atoms with Crippen LogP contribution in [0.2, 0.25) is 18.1 Å². The van der Waals surface area contributed by atoms with E-state index in [0.717, 1.165) is 35.7 Å². The van der Waals surface area contributed by atoms with Gasteiger partial charge in [0.1, 0.15) is 6.10 Å². The Kier molecular flexibility index (Phi) is 8.10. The zero-order chi connectivity index (χ0) is 24.4. The lowest BCUT2D eigenvalue weighted by atomic mass is 9.63. The first-order valence-electron chi connectivity index (χ1n) is 12.8. The van der Waals surface area contributed by atoms with Crippen LogP contribution in [0.25, 0.3) is 0 Å². The standard InChI is InChI=1S/C28H44O4Si/c1-9-33(10-2,11-3)32-26-25(29)24-21(5)28(8,19-30-18-22-15-13-12-14-16-22)20(4)17-23(24)31-27(26,6)7/h12-16,20,23,26H,9-11,17-19H2,1-8H3/t20-,23-,26-,28+/m1/s1. The molecule has 1 aliphatic carbocycles. The summed E-state index contributed by atoms with van der Waals surface area (Å²) in [6, 6.07) is 13.3. The lowest BCUT2D eigenvalue weighted by molar-refractivity contribution is -0.170. The molecule has 1 aromatic carbocycles. The Morgan fingerprint density at radius 1 is 1.06 bits per heavy atom. The van der Waals surface area contributed by atoms with Crippen LogP contribution >= 0.6 is 0 Å². The monoisotopic (exact) mass is 472 g/mol. The van der Waals surface area contributed by atoms with Gasteiger partial charge in [-0.3, -0.25) is 4.79 Å². The van der Waals surface area contributed by atoms with Gasteiger partial charge < -0.3 is 13.9 Å². The maximum absolute atomic E-state index is 14.0. The lowest BCUT2D eigenvalue weighted by Crippen LogP contribution is -2.60. The zero-order valence-electron chi connectivity index (χ0n) is 22.0. The number of Topliss-reactive ketones (excluding diaryl/α,β-unsaturated/α-hetero) is 1. The van der Waals surface area contributed by atoms with Gasteiger partial charge in [-0.1, -0.05) is 70.5 Å². The third-order valence-electron chi connectivity index (χ3n) is 8.63. The molecule has 0 bridgehead atoms. The molecule has 0 amide bonds. The number of carbonyl (C=O) groups is 1. The van der Waals surface area contributed by atoms with Gasteiger partial charge in [0, 0.05) is 11.0 Å². The number of rotatable bonds is 9. The first-order chi connectivity index (χ1) is 15.5. The number of ether oxygens (including phenoxy) is 2. The van der Waals surface area contributed by atoms with E-state index in [1.54, 1.807) is 0 Å². The summed E-state index contributed by atoms with van der Waals surface area (Å²) in [5, 5.41) is 0. The van der Waals surface area contributed by atoms with E-state index >= 15 is 0 Å². The molecule has 184 valence electrons. The lowest BCUT2D eigenvalue weighted by Gasteiger charge is -2.52. The molecular formula is C28H44O4Si. The van der Waals surface area contributed by atoms with Crippen molar-refractivity contribution in [2.24, 2.45) is 11.3 Å². The topological polar surface area (TPSA) is 44.8 Å². The number of hydrogen-bond acceptors (Lipinski definition) is 4. The van der Waals surface area contributed by atoms with E-state index in [2.05, 4.69) is 53.7 Å². The molecular weight excluding hydrogens is 428 g/mol. The van der Waals surface area contributed by atoms with E-state index in [0.29, 0.717) is 19.1 Å². The second kappa shape index (κ2) is 10.1. The molecule has 33 heavy (non-hydrogen) atoms. The van der Waals surface area contributed by atoms with E-state index in [1.165, 1.54) is 5.56 Å². The van der Waals surface area contributed by atoms with E-state index in [9.17, 15) is 4.79 Å². The highest BCUT2D eigenvalue weighted by molar-refractivity contribution is 6.73. The van der Waals surface area contributed by atoms with Gasteiger partial charge in [-0.25, -0.2) is 0 Å². The van der Waals surface area contributed by atoms with Crippen molar-refractivity contribution in [3.63, 3.8) is 0 Å². The third-order valence-corrected chi connectivity index (χ3v) is 13.2. The molecule has 4 nitrogen and oxygen atoms in total. The number of ketones is 1. The Hall–Kier alpha value is -1.27. The zero-order valence-corrected chi connectivity index (χ0v) is 23.0. The van der Waals surface area contributed by atoms with Crippen LogP contribution < -0.4 is 0 Å². The van der Waals surface area contributed by atoms with Crippen LogP contribution in [0.5, 0.6) is 0 Å². The van der Waals surface area contributed by atoms with Crippen molar-refractivity contribution in [3.05, 3.63) is 47.0 Å². The van der Waals surface area contributed by atoms with Crippen molar-refractivity contribution in [1.82, 2.24) is 0 Å². The average Bonchev–Trinajstić information content (AvgIpc) is 2.79. The Balaban J connectivity index is 1.89. The van der Waals surface area contributed by atoms with E-state index in [-0.39, 0.29) is 17.3 Å². The van der Waals surface area contributed by atoms with Crippen molar-refractivity contribution in [3.8, 4) is 0 Å². The SMILES string of the molecule is CC[Si](CC)(CC)O[C@@H]1C(=O)C2=C(C)[C@@](C)(COCc3ccccc3)[C@H](C)C[C@H]2OC1(C)C. The molecule has 0 spiro atoms. The van der Waals surface area contributed by atoms with Gasteiger partial charge in [-0.2, -0.15) is 0 Å². The molecule has 1 heterocycles. The summed E-state index contributed by atoms with van der Waals surface area (Å²) in [5.41, 5.74) is 2.29. The minimum atomic E-state index is -1.97. The van der Waals surface area contributed by atoms with E-state index < -0.39 is 20.0 Å². The molecule has 3 rings (SSSR count). The highest BCUT2D eigenvalue weighted by Crippen LogP contribution is 2.50. The first kappa shape index (κ1) is 26.3. The minimum Gasteiger partial charge on any atom is -0.404 e. The van der Waals surface area contributed by atoms with E-state index in [4.69, 9.17) is 13.9 Å². The quantitative estimate of drug-likeness (QED) is 0.375. The summed E-state index contributed by atoms with van der Waals surface area (Å²) < 4.78 is 19.6. The summed E-state index contributed by atoms with van der Waals surface area (Å²) in [4.78, 5) is 14.0. The third kappa shape index (κ3) is 5.07. The second-order valence-corrected chi connectivity index (χ2v) is 15.6. The van der Waals surface area contributed by atoms with Crippen LogP contribution in [0.4, 0.5) is 0 Å². The van der Waals surface area contributed by atoms with Crippen molar-refractivity contribution >= 4 is 14.1 Å². The van der Waals surface area contributed by atoms with Crippen LogP contribution in [0.15, 0.2) is 41.5 Å².